The second kappa shape index (κ2) is 12.9. The first-order valence-corrected chi connectivity index (χ1v) is 12.7. The highest BCUT2D eigenvalue weighted by Crippen LogP contribution is 2.31. The van der Waals surface area contributed by atoms with E-state index in [0.29, 0.717) is 23.9 Å². The van der Waals surface area contributed by atoms with E-state index in [0.717, 1.165) is 37.3 Å². The third kappa shape index (κ3) is 6.86. The average Bonchev–Trinajstić information content (AvgIpc) is 3.37. The lowest BCUT2D eigenvalue weighted by Crippen LogP contribution is -2.36. The summed E-state index contributed by atoms with van der Waals surface area (Å²) in [6, 6.07) is 25.9. The minimum Gasteiger partial charge on any atom is -0.366 e. The van der Waals surface area contributed by atoms with Gasteiger partial charge in [-0.2, -0.15) is 0 Å². The van der Waals surface area contributed by atoms with E-state index in [1.807, 2.05) is 36.4 Å². The number of methoxy groups -OCH3 is 1. The molecular weight excluding hydrogens is 474 g/mol. The molecule has 0 saturated carbocycles. The molecule has 1 saturated heterocycles. The van der Waals surface area contributed by atoms with E-state index >= 15 is 0 Å². The van der Waals surface area contributed by atoms with Gasteiger partial charge >= 0.3 is 0 Å². The van der Waals surface area contributed by atoms with Crippen LogP contribution >= 0.6 is 11.6 Å². The number of anilines is 1. The van der Waals surface area contributed by atoms with Crippen LogP contribution in [0.25, 0.3) is 0 Å². The molecule has 7 heteroatoms. The molecule has 1 N–H and O–H groups in total. The summed E-state index contributed by atoms with van der Waals surface area (Å²) in [5.41, 5.74) is 3.79. The Balaban J connectivity index is 1.44. The first-order valence-electron chi connectivity index (χ1n) is 12.3. The van der Waals surface area contributed by atoms with Gasteiger partial charge in [0, 0.05) is 56.6 Å². The summed E-state index contributed by atoms with van der Waals surface area (Å²) in [4.78, 5) is 17.1. The number of likely N-dealkylation sites (N-methyl/N-ethyl adjacent to an activating group) is 1. The van der Waals surface area contributed by atoms with Gasteiger partial charge in [-0.3, -0.25) is 9.69 Å². The molecule has 0 bridgehead atoms. The Kier molecular flexibility index (Phi) is 9.36. The lowest BCUT2D eigenvalue weighted by molar-refractivity contribution is -0.0671. The Morgan fingerprint density at radius 2 is 1.83 bits per heavy atom. The van der Waals surface area contributed by atoms with Crippen LogP contribution in [0.1, 0.15) is 33.9 Å². The van der Waals surface area contributed by atoms with E-state index in [4.69, 9.17) is 21.1 Å². The minimum absolute atomic E-state index is 0.115. The molecule has 6 nitrogen and oxygen atoms in total. The number of hydrogen-bond acceptors (Lipinski definition) is 5. The Morgan fingerprint density at radius 3 is 2.53 bits per heavy atom. The standard InChI is InChI=1S/C29H34ClN3O3/c1-32(25-14-13-24(27(30)17-25)18-31-29(34)23-11-7-4-8-12-23)28(22-9-5-3-6-10-22)20-33-16-15-26(19-33)36-21-35-2/h3-14,17,26,28H,15-16,18-21H2,1-2H3,(H,31,34)/t26-,28+/m0/s1. The van der Waals surface area contributed by atoms with E-state index < -0.39 is 0 Å². The molecule has 0 radical (unpaired) electrons. The van der Waals surface area contributed by atoms with Crippen LogP contribution in [0.2, 0.25) is 5.02 Å². The first-order chi connectivity index (χ1) is 17.5. The summed E-state index contributed by atoms with van der Waals surface area (Å²) >= 11 is 6.67. The van der Waals surface area contributed by atoms with Crippen molar-refractivity contribution in [1.29, 1.82) is 0 Å². The van der Waals surface area contributed by atoms with Crippen LogP contribution in [0.3, 0.4) is 0 Å². The van der Waals surface area contributed by atoms with E-state index in [-0.39, 0.29) is 18.1 Å². The Hall–Kier alpha value is -2.90. The van der Waals surface area contributed by atoms with Crippen molar-refractivity contribution in [2.75, 3.05) is 45.5 Å². The number of carbonyl (C=O) groups is 1. The molecule has 3 aromatic rings. The SMILES string of the molecule is COCO[C@H]1CCN(C[C@H](c2ccccc2)N(C)c2ccc(CNC(=O)c3ccccc3)c(Cl)c2)C1. The highest BCUT2D eigenvalue weighted by Gasteiger charge is 2.28. The molecule has 2 atom stereocenters. The van der Waals surface area contributed by atoms with Crippen molar-refractivity contribution in [1.82, 2.24) is 10.2 Å². The summed E-state index contributed by atoms with van der Waals surface area (Å²) in [5, 5.41) is 3.59. The molecule has 1 aliphatic rings. The van der Waals surface area contributed by atoms with E-state index in [1.54, 1.807) is 19.2 Å². The van der Waals surface area contributed by atoms with Gasteiger partial charge < -0.3 is 19.7 Å². The normalized spacial score (nSPS) is 16.6. The fourth-order valence-electron chi connectivity index (χ4n) is 4.58. The first kappa shape index (κ1) is 26.2. The smallest absolute Gasteiger partial charge is 0.251 e. The zero-order valence-corrected chi connectivity index (χ0v) is 21.7. The van der Waals surface area contributed by atoms with Gasteiger partial charge in [0.05, 0.1) is 12.1 Å². The molecule has 0 aromatic heterocycles. The van der Waals surface area contributed by atoms with E-state index in [1.165, 1.54) is 5.56 Å². The van der Waals surface area contributed by atoms with Crippen molar-refractivity contribution < 1.29 is 14.3 Å². The second-order valence-corrected chi connectivity index (χ2v) is 9.51. The van der Waals surface area contributed by atoms with Crippen molar-refractivity contribution in [3.63, 3.8) is 0 Å². The van der Waals surface area contributed by atoms with Crippen molar-refractivity contribution in [2.45, 2.75) is 25.1 Å². The van der Waals surface area contributed by atoms with Crippen LogP contribution in [0, 0.1) is 0 Å². The van der Waals surface area contributed by atoms with Crippen molar-refractivity contribution in [3.8, 4) is 0 Å². The fraction of sp³-hybridized carbons (Fsp3) is 0.345. The maximum atomic E-state index is 12.4. The summed E-state index contributed by atoms with van der Waals surface area (Å²) in [7, 11) is 3.76. The monoisotopic (exact) mass is 507 g/mol. The number of ether oxygens (including phenoxy) is 2. The van der Waals surface area contributed by atoms with E-state index in [2.05, 4.69) is 52.5 Å². The molecule has 4 rings (SSSR count). The summed E-state index contributed by atoms with van der Waals surface area (Å²) in [5.74, 6) is -0.115. The molecule has 1 amide bonds. The van der Waals surface area contributed by atoms with Crippen molar-refractivity contribution in [2.24, 2.45) is 0 Å². The maximum absolute atomic E-state index is 12.4. The van der Waals surface area contributed by atoms with Gasteiger partial charge in [0.1, 0.15) is 6.79 Å². The Labute approximate surface area is 218 Å². The predicted molar refractivity (Wildman–Crippen MR) is 144 cm³/mol. The van der Waals surface area contributed by atoms with E-state index in [9.17, 15) is 4.79 Å². The van der Waals surface area contributed by atoms with Crippen LogP contribution in [0.15, 0.2) is 78.9 Å². The van der Waals surface area contributed by atoms with Gasteiger partial charge in [0.2, 0.25) is 0 Å². The number of halogens is 1. The van der Waals surface area contributed by atoms with Crippen LogP contribution in [-0.2, 0) is 16.0 Å². The third-order valence-corrected chi connectivity index (χ3v) is 7.00. The van der Waals surface area contributed by atoms with Gasteiger partial charge in [-0.25, -0.2) is 0 Å². The van der Waals surface area contributed by atoms with Crippen molar-refractivity contribution in [3.05, 3.63) is 101 Å². The molecule has 190 valence electrons. The predicted octanol–water partition coefficient (Wildman–Crippen LogP) is 5.14. The number of carbonyl (C=O) groups excluding carboxylic acids is 1. The van der Waals surface area contributed by atoms with Gasteiger partial charge in [-0.05, 0) is 41.8 Å². The lowest BCUT2D eigenvalue weighted by Gasteiger charge is -2.34. The largest absolute Gasteiger partial charge is 0.366 e. The number of nitrogens with zero attached hydrogens (tertiary/aromatic N) is 2. The third-order valence-electron chi connectivity index (χ3n) is 6.65. The number of amides is 1. The fourth-order valence-corrected chi connectivity index (χ4v) is 4.82. The molecule has 0 spiro atoms. The van der Waals surface area contributed by atoms with Crippen LogP contribution in [-0.4, -0.2) is 57.5 Å². The van der Waals surface area contributed by atoms with Gasteiger partial charge in [-0.1, -0.05) is 66.2 Å². The summed E-state index contributed by atoms with van der Waals surface area (Å²) < 4.78 is 10.9. The molecule has 0 aliphatic carbocycles. The van der Waals surface area contributed by atoms with Crippen molar-refractivity contribution >= 4 is 23.2 Å². The van der Waals surface area contributed by atoms with Gasteiger partial charge in [0.25, 0.3) is 5.91 Å². The van der Waals surface area contributed by atoms with Gasteiger partial charge in [0.15, 0.2) is 0 Å². The lowest BCUT2D eigenvalue weighted by atomic mass is 10.0. The summed E-state index contributed by atoms with van der Waals surface area (Å²) in [6.45, 7) is 3.46. The highest BCUT2D eigenvalue weighted by molar-refractivity contribution is 6.31. The number of benzene rings is 3. The minimum atomic E-state index is -0.115. The number of nitrogens with one attached hydrogen (secondary N) is 1. The van der Waals surface area contributed by atoms with Gasteiger partial charge in [-0.15, -0.1) is 0 Å². The molecule has 3 aromatic carbocycles. The average molecular weight is 508 g/mol. The molecular formula is C29H34ClN3O3. The van der Waals surface area contributed by atoms with Crippen LogP contribution in [0.5, 0.6) is 0 Å². The topological polar surface area (TPSA) is 54.0 Å². The molecule has 1 fully saturated rings. The zero-order chi connectivity index (χ0) is 25.3. The number of likely N-dealkylation sites (tertiary alicyclic amines) is 1. The Morgan fingerprint density at radius 1 is 1.11 bits per heavy atom. The quantitative estimate of drug-likeness (QED) is 0.364. The molecule has 36 heavy (non-hydrogen) atoms. The molecule has 0 unspecified atom stereocenters. The number of rotatable bonds is 11. The Bertz CT molecular complexity index is 1110. The summed E-state index contributed by atoms with van der Waals surface area (Å²) in [6.07, 6.45) is 1.20. The molecule has 1 aliphatic heterocycles. The highest BCUT2D eigenvalue weighted by atomic mass is 35.5. The van der Waals surface area contributed by atoms with Crippen LogP contribution in [0.4, 0.5) is 5.69 Å². The zero-order valence-electron chi connectivity index (χ0n) is 20.9. The number of hydrogen-bond donors (Lipinski definition) is 1. The van der Waals surface area contributed by atoms with Crippen LogP contribution < -0.4 is 10.2 Å². The maximum Gasteiger partial charge on any atom is 0.251 e. The second-order valence-electron chi connectivity index (χ2n) is 9.11. The molecule has 1 heterocycles.